The van der Waals surface area contributed by atoms with Gasteiger partial charge in [0.25, 0.3) is 0 Å². The normalized spacial score (nSPS) is 16.4. The zero-order valence-corrected chi connectivity index (χ0v) is 16.9. The minimum absolute atomic E-state index is 0. The van der Waals surface area contributed by atoms with Gasteiger partial charge in [-0.05, 0) is 24.1 Å². The Bertz CT molecular complexity index is 498. The number of amides is 1. The predicted molar refractivity (Wildman–Crippen MR) is 107 cm³/mol. The molecule has 5 nitrogen and oxygen atoms in total. The van der Waals surface area contributed by atoms with E-state index in [1.807, 2.05) is 17.0 Å². The molecule has 1 aromatic carbocycles. The Morgan fingerprint density at radius 1 is 1.20 bits per heavy atom. The number of rotatable bonds is 6. The van der Waals surface area contributed by atoms with Gasteiger partial charge >= 0.3 is 0 Å². The van der Waals surface area contributed by atoms with Crippen LogP contribution in [0.3, 0.4) is 0 Å². The van der Waals surface area contributed by atoms with Crippen molar-refractivity contribution in [1.29, 1.82) is 0 Å². The molecule has 0 spiro atoms. The zero-order chi connectivity index (χ0) is 16.7. The molecule has 0 radical (unpaired) electrons. The van der Waals surface area contributed by atoms with Crippen molar-refractivity contribution in [3.05, 3.63) is 34.9 Å². The van der Waals surface area contributed by atoms with Crippen molar-refractivity contribution in [3.8, 4) is 0 Å². The van der Waals surface area contributed by atoms with Crippen LogP contribution < -0.4 is 5.73 Å². The average molecular weight is 413 g/mol. The predicted octanol–water partition coefficient (Wildman–Crippen LogP) is 2.58. The first-order valence-electron chi connectivity index (χ1n) is 8.10. The molecule has 1 heterocycles. The summed E-state index contributed by atoms with van der Waals surface area (Å²) in [6, 6.07) is 7.95. The van der Waals surface area contributed by atoms with Gasteiger partial charge in [-0.25, -0.2) is 0 Å². The van der Waals surface area contributed by atoms with Crippen molar-refractivity contribution in [3.63, 3.8) is 0 Å². The van der Waals surface area contributed by atoms with Crippen molar-refractivity contribution >= 4 is 42.3 Å². The third-order valence-corrected chi connectivity index (χ3v) is 4.51. The molecule has 1 saturated heterocycles. The van der Waals surface area contributed by atoms with Crippen LogP contribution in [0.2, 0.25) is 5.02 Å². The smallest absolute Gasteiger partial charge is 0.225 e. The lowest BCUT2D eigenvalue weighted by molar-refractivity contribution is -0.133. The molecule has 0 bridgehead atoms. The van der Waals surface area contributed by atoms with E-state index in [0.29, 0.717) is 13.0 Å². The second-order valence-corrected chi connectivity index (χ2v) is 6.37. The minimum Gasteiger partial charge on any atom is -0.380 e. The zero-order valence-electron chi connectivity index (χ0n) is 14.5. The van der Waals surface area contributed by atoms with E-state index < -0.39 is 0 Å². The number of ether oxygens (including phenoxy) is 1. The van der Waals surface area contributed by atoms with E-state index in [0.717, 1.165) is 44.2 Å². The molecule has 1 fully saturated rings. The van der Waals surface area contributed by atoms with Gasteiger partial charge in [-0.15, -0.1) is 24.8 Å². The summed E-state index contributed by atoms with van der Waals surface area (Å²) >= 11 is 5.92. The Labute approximate surface area is 167 Å². The van der Waals surface area contributed by atoms with E-state index in [1.54, 1.807) is 7.11 Å². The van der Waals surface area contributed by atoms with Crippen molar-refractivity contribution < 1.29 is 9.53 Å². The van der Waals surface area contributed by atoms with E-state index in [4.69, 9.17) is 22.1 Å². The number of nitrogens with zero attached hydrogens (tertiary/aromatic N) is 2. The van der Waals surface area contributed by atoms with Gasteiger partial charge in [-0.2, -0.15) is 0 Å². The maximum absolute atomic E-state index is 12.3. The van der Waals surface area contributed by atoms with E-state index in [1.165, 1.54) is 5.56 Å². The third kappa shape index (κ3) is 8.11. The molecule has 1 aromatic rings. The second kappa shape index (κ2) is 12.7. The fourth-order valence-corrected chi connectivity index (χ4v) is 2.94. The molecule has 1 unspecified atom stereocenters. The fourth-order valence-electron chi connectivity index (χ4n) is 2.81. The number of carbonyl (C=O) groups excluding carboxylic acids is 1. The van der Waals surface area contributed by atoms with E-state index in [2.05, 4.69) is 17.0 Å². The molecule has 0 aliphatic carbocycles. The van der Waals surface area contributed by atoms with E-state index in [-0.39, 0.29) is 36.8 Å². The maximum Gasteiger partial charge on any atom is 0.225 e. The molecule has 1 atom stereocenters. The molecule has 1 amide bonds. The third-order valence-electron chi connectivity index (χ3n) is 4.26. The van der Waals surface area contributed by atoms with Gasteiger partial charge in [0, 0.05) is 51.4 Å². The number of nitrogens with two attached hydrogens (primary N) is 1. The molecule has 1 aliphatic heterocycles. The Kier molecular flexibility index (Phi) is 12.5. The molecule has 8 heteroatoms. The van der Waals surface area contributed by atoms with E-state index >= 15 is 0 Å². The van der Waals surface area contributed by atoms with Crippen molar-refractivity contribution in [2.45, 2.75) is 25.5 Å². The summed E-state index contributed by atoms with van der Waals surface area (Å²) in [6.45, 7) is 4.71. The SMILES string of the molecule is COC(CN)CC(=O)N1CCCN(Cc2ccc(Cl)cc2)CC1.Cl.Cl. The highest BCUT2D eigenvalue weighted by molar-refractivity contribution is 6.30. The lowest BCUT2D eigenvalue weighted by atomic mass is 10.2. The topological polar surface area (TPSA) is 58.8 Å². The maximum atomic E-state index is 12.3. The Morgan fingerprint density at radius 3 is 2.48 bits per heavy atom. The lowest BCUT2D eigenvalue weighted by Gasteiger charge is -2.23. The summed E-state index contributed by atoms with van der Waals surface area (Å²) in [6.07, 6.45) is 1.17. The highest BCUT2D eigenvalue weighted by Crippen LogP contribution is 2.13. The van der Waals surface area contributed by atoms with Crippen LogP contribution in [-0.2, 0) is 16.1 Å². The molecular weight excluding hydrogens is 385 g/mol. The van der Waals surface area contributed by atoms with Crippen LogP contribution in [0.4, 0.5) is 0 Å². The number of carbonyl (C=O) groups is 1. The van der Waals surface area contributed by atoms with Gasteiger partial charge in [0.15, 0.2) is 0 Å². The number of hydrogen-bond donors (Lipinski definition) is 1. The molecule has 25 heavy (non-hydrogen) atoms. The van der Waals surface area contributed by atoms with Crippen LogP contribution in [0.15, 0.2) is 24.3 Å². The first-order valence-corrected chi connectivity index (χ1v) is 8.47. The summed E-state index contributed by atoms with van der Waals surface area (Å²) in [5, 5.41) is 0.758. The Hall–Kier alpha value is -0.560. The highest BCUT2D eigenvalue weighted by Gasteiger charge is 2.21. The van der Waals surface area contributed by atoms with Crippen molar-refractivity contribution in [2.24, 2.45) is 5.73 Å². The summed E-state index contributed by atoms with van der Waals surface area (Å²) < 4.78 is 5.21. The highest BCUT2D eigenvalue weighted by atomic mass is 35.5. The van der Waals surface area contributed by atoms with Gasteiger partial charge in [0.05, 0.1) is 12.5 Å². The minimum atomic E-state index is -0.184. The monoisotopic (exact) mass is 411 g/mol. The molecular formula is C17H28Cl3N3O2. The number of benzene rings is 1. The summed E-state index contributed by atoms with van der Waals surface area (Å²) in [4.78, 5) is 16.7. The van der Waals surface area contributed by atoms with Crippen LogP contribution in [0.25, 0.3) is 0 Å². The van der Waals surface area contributed by atoms with Gasteiger partial charge in [-0.3, -0.25) is 9.69 Å². The van der Waals surface area contributed by atoms with Crippen LogP contribution in [0, 0.1) is 0 Å². The Morgan fingerprint density at radius 2 is 1.88 bits per heavy atom. The number of halogens is 3. The van der Waals surface area contributed by atoms with Crippen molar-refractivity contribution in [2.75, 3.05) is 39.8 Å². The van der Waals surface area contributed by atoms with Gasteiger partial charge in [0.1, 0.15) is 0 Å². The first kappa shape index (κ1) is 24.4. The standard InChI is InChI=1S/C17H26ClN3O2.2ClH/c1-23-16(12-19)11-17(22)21-8-2-7-20(9-10-21)13-14-3-5-15(18)6-4-14;;/h3-6,16H,2,7-13,19H2,1H3;2*1H. The van der Waals surface area contributed by atoms with Crippen molar-refractivity contribution in [1.82, 2.24) is 9.80 Å². The number of methoxy groups -OCH3 is 1. The molecule has 144 valence electrons. The van der Waals surface area contributed by atoms with Gasteiger partial charge in [-0.1, -0.05) is 23.7 Å². The quantitative estimate of drug-likeness (QED) is 0.780. The first-order chi connectivity index (χ1) is 11.1. The summed E-state index contributed by atoms with van der Waals surface area (Å²) in [5.74, 6) is 0.135. The molecule has 0 saturated carbocycles. The van der Waals surface area contributed by atoms with Crippen LogP contribution in [0.5, 0.6) is 0 Å². The van der Waals surface area contributed by atoms with Crippen LogP contribution >= 0.6 is 36.4 Å². The van der Waals surface area contributed by atoms with Gasteiger partial charge in [0.2, 0.25) is 5.91 Å². The molecule has 2 N–H and O–H groups in total. The van der Waals surface area contributed by atoms with Crippen LogP contribution in [0.1, 0.15) is 18.4 Å². The summed E-state index contributed by atoms with van der Waals surface area (Å²) in [5.41, 5.74) is 6.84. The van der Waals surface area contributed by atoms with Gasteiger partial charge < -0.3 is 15.4 Å². The second-order valence-electron chi connectivity index (χ2n) is 5.93. The summed E-state index contributed by atoms with van der Waals surface area (Å²) in [7, 11) is 1.60. The van der Waals surface area contributed by atoms with Crippen LogP contribution in [-0.4, -0.2) is 61.6 Å². The van der Waals surface area contributed by atoms with E-state index in [9.17, 15) is 4.79 Å². The lowest BCUT2D eigenvalue weighted by Crippen LogP contribution is -2.38. The average Bonchev–Trinajstić information content (AvgIpc) is 2.80. The number of hydrogen-bond acceptors (Lipinski definition) is 4. The Balaban J connectivity index is 0.00000288. The largest absolute Gasteiger partial charge is 0.380 e. The molecule has 1 aliphatic rings. The fraction of sp³-hybridized carbons (Fsp3) is 0.588. The molecule has 2 rings (SSSR count). The molecule has 0 aromatic heterocycles.